The number of furan rings is 1. The number of carbonyl (C=O) groups is 1. The lowest BCUT2D eigenvalue weighted by molar-refractivity contribution is -0.118. The van der Waals surface area contributed by atoms with Gasteiger partial charge < -0.3 is 9.73 Å². The van der Waals surface area contributed by atoms with Gasteiger partial charge in [-0.15, -0.1) is 11.8 Å². The molecule has 21 heavy (non-hydrogen) atoms. The molecule has 0 saturated heterocycles. The van der Waals surface area contributed by atoms with E-state index in [0.29, 0.717) is 12.3 Å². The number of hydrogen-bond acceptors (Lipinski definition) is 4. The van der Waals surface area contributed by atoms with Crippen molar-refractivity contribution in [2.45, 2.75) is 45.4 Å². The quantitative estimate of drug-likeness (QED) is 0.800. The van der Waals surface area contributed by atoms with E-state index in [4.69, 9.17) is 4.42 Å². The molecular formula is C16H28N2O2S. The number of nitrogens with zero attached hydrogens (tertiary/aromatic N) is 1. The molecule has 4 nitrogen and oxygen atoms in total. The van der Waals surface area contributed by atoms with Crippen LogP contribution < -0.4 is 5.32 Å². The molecule has 120 valence electrons. The first kappa shape index (κ1) is 18.1. The predicted octanol–water partition coefficient (Wildman–Crippen LogP) is 3.31. The molecule has 1 unspecified atom stereocenters. The maximum Gasteiger partial charge on any atom is 0.230 e. The molecule has 1 atom stereocenters. The smallest absolute Gasteiger partial charge is 0.230 e. The Morgan fingerprint density at radius 1 is 1.38 bits per heavy atom. The van der Waals surface area contributed by atoms with Crippen LogP contribution in [0, 0.1) is 0 Å². The fourth-order valence-corrected chi connectivity index (χ4v) is 2.76. The molecule has 1 amide bonds. The van der Waals surface area contributed by atoms with Gasteiger partial charge in [0.05, 0.1) is 18.1 Å². The van der Waals surface area contributed by atoms with E-state index in [9.17, 15) is 4.79 Å². The maximum absolute atomic E-state index is 12.0. The van der Waals surface area contributed by atoms with Crippen molar-refractivity contribution in [2.24, 2.45) is 0 Å². The number of thioether (sulfide) groups is 1. The number of amides is 1. The summed E-state index contributed by atoms with van der Waals surface area (Å²) in [5.41, 5.74) is 0. The van der Waals surface area contributed by atoms with Crippen molar-refractivity contribution >= 4 is 17.7 Å². The number of carbonyl (C=O) groups excluding carboxylic acids is 1. The summed E-state index contributed by atoms with van der Waals surface area (Å²) in [6.07, 6.45) is 1.68. The number of rotatable bonds is 8. The summed E-state index contributed by atoms with van der Waals surface area (Å²) < 4.78 is 5.64. The summed E-state index contributed by atoms with van der Waals surface area (Å²) in [7, 11) is 0. The van der Waals surface area contributed by atoms with E-state index in [0.717, 1.165) is 18.8 Å². The molecule has 1 rings (SSSR count). The van der Waals surface area contributed by atoms with Crippen molar-refractivity contribution in [3.8, 4) is 0 Å². The topological polar surface area (TPSA) is 45.5 Å². The minimum atomic E-state index is 0.0821. The summed E-state index contributed by atoms with van der Waals surface area (Å²) in [4.78, 5) is 14.3. The molecule has 0 saturated carbocycles. The van der Waals surface area contributed by atoms with Crippen LogP contribution in [-0.4, -0.2) is 40.9 Å². The molecular weight excluding hydrogens is 284 g/mol. The third kappa shape index (κ3) is 6.57. The number of likely N-dealkylation sites (N-methyl/N-ethyl adjacent to an activating group) is 1. The molecule has 1 heterocycles. The molecule has 1 aromatic heterocycles. The van der Waals surface area contributed by atoms with Gasteiger partial charge in [0.15, 0.2) is 0 Å². The van der Waals surface area contributed by atoms with E-state index in [1.54, 1.807) is 18.0 Å². The monoisotopic (exact) mass is 312 g/mol. The van der Waals surface area contributed by atoms with Crippen LogP contribution in [0.4, 0.5) is 0 Å². The van der Waals surface area contributed by atoms with Gasteiger partial charge in [-0.05, 0) is 25.2 Å². The second-order valence-corrected chi connectivity index (χ2v) is 7.76. The average molecular weight is 312 g/mol. The Hall–Kier alpha value is -0.940. The summed E-state index contributed by atoms with van der Waals surface area (Å²) in [6, 6.07) is 3.96. The van der Waals surface area contributed by atoms with Crippen LogP contribution >= 0.6 is 11.8 Å². The maximum atomic E-state index is 12.0. The van der Waals surface area contributed by atoms with Crippen LogP contribution in [0.5, 0.6) is 0 Å². The molecule has 0 aliphatic carbocycles. The van der Waals surface area contributed by atoms with Gasteiger partial charge in [0.1, 0.15) is 5.76 Å². The van der Waals surface area contributed by atoms with Crippen LogP contribution in [0.1, 0.15) is 46.4 Å². The van der Waals surface area contributed by atoms with E-state index < -0.39 is 0 Å². The van der Waals surface area contributed by atoms with E-state index >= 15 is 0 Å². The minimum absolute atomic E-state index is 0.0821. The van der Waals surface area contributed by atoms with Gasteiger partial charge in [-0.2, -0.15) is 0 Å². The van der Waals surface area contributed by atoms with Crippen LogP contribution in [0.15, 0.2) is 22.8 Å². The molecule has 1 N–H and O–H groups in total. The number of nitrogens with one attached hydrogen (secondary N) is 1. The second kappa shape index (κ2) is 8.49. The summed E-state index contributed by atoms with van der Waals surface area (Å²) in [5.74, 6) is 1.48. The molecule has 1 aromatic rings. The first-order chi connectivity index (χ1) is 9.87. The third-order valence-electron chi connectivity index (χ3n) is 3.25. The summed E-state index contributed by atoms with van der Waals surface area (Å²) >= 11 is 1.66. The first-order valence-electron chi connectivity index (χ1n) is 7.55. The largest absolute Gasteiger partial charge is 0.468 e. The third-order valence-corrected chi connectivity index (χ3v) is 4.53. The minimum Gasteiger partial charge on any atom is -0.468 e. The zero-order valence-corrected chi connectivity index (χ0v) is 14.6. The molecule has 0 aliphatic rings. The van der Waals surface area contributed by atoms with Crippen LogP contribution in [0.2, 0.25) is 0 Å². The zero-order valence-electron chi connectivity index (χ0n) is 13.8. The molecule has 0 aromatic carbocycles. The van der Waals surface area contributed by atoms with Gasteiger partial charge >= 0.3 is 0 Å². The fraction of sp³-hybridized carbons (Fsp3) is 0.688. The van der Waals surface area contributed by atoms with Gasteiger partial charge in [-0.1, -0.05) is 34.6 Å². The molecule has 5 heteroatoms. The van der Waals surface area contributed by atoms with Crippen LogP contribution in [-0.2, 0) is 4.79 Å². The Morgan fingerprint density at radius 2 is 2.05 bits per heavy atom. The lowest BCUT2D eigenvalue weighted by atomic mass is 10.2. The molecule has 0 bridgehead atoms. The number of hydrogen-bond donors (Lipinski definition) is 1. The van der Waals surface area contributed by atoms with E-state index in [-0.39, 0.29) is 16.7 Å². The van der Waals surface area contributed by atoms with Gasteiger partial charge in [-0.25, -0.2) is 0 Å². The van der Waals surface area contributed by atoms with Gasteiger partial charge in [0, 0.05) is 11.3 Å². The Balaban J connectivity index is 2.56. The van der Waals surface area contributed by atoms with Gasteiger partial charge in [0.25, 0.3) is 0 Å². The Morgan fingerprint density at radius 3 is 2.52 bits per heavy atom. The van der Waals surface area contributed by atoms with Crippen molar-refractivity contribution < 1.29 is 9.21 Å². The van der Waals surface area contributed by atoms with Gasteiger partial charge in [0.2, 0.25) is 5.91 Å². The first-order valence-corrected chi connectivity index (χ1v) is 8.54. The lowest BCUT2D eigenvalue weighted by Gasteiger charge is -2.28. The Bertz CT molecular complexity index is 408. The van der Waals surface area contributed by atoms with E-state index in [1.807, 2.05) is 12.1 Å². The normalized spacial score (nSPS) is 13.4. The van der Waals surface area contributed by atoms with Crippen molar-refractivity contribution in [3.63, 3.8) is 0 Å². The molecule has 0 radical (unpaired) electrons. The molecule has 0 fully saturated rings. The van der Waals surface area contributed by atoms with Crippen molar-refractivity contribution in [3.05, 3.63) is 24.2 Å². The lowest BCUT2D eigenvalue weighted by Crippen LogP contribution is -2.38. The Kier molecular flexibility index (Phi) is 7.32. The van der Waals surface area contributed by atoms with Crippen molar-refractivity contribution in [1.29, 1.82) is 0 Å². The second-order valence-electron chi connectivity index (χ2n) is 5.96. The van der Waals surface area contributed by atoms with Crippen molar-refractivity contribution in [1.82, 2.24) is 10.2 Å². The average Bonchev–Trinajstić information content (AvgIpc) is 2.94. The highest BCUT2D eigenvalue weighted by atomic mass is 32.2. The fourth-order valence-electron chi connectivity index (χ4n) is 2.10. The zero-order chi connectivity index (χ0) is 15.9. The Labute approximate surface area is 132 Å². The highest BCUT2D eigenvalue weighted by Crippen LogP contribution is 2.23. The predicted molar refractivity (Wildman–Crippen MR) is 89.6 cm³/mol. The molecule has 0 aliphatic heterocycles. The standard InChI is InChI=1S/C16H28N2O2S/c1-6-18(7-2)13(14-9-8-10-20-14)11-17-15(19)12-21-16(3,4)5/h8-10,13H,6-7,11-12H2,1-5H3,(H,17,19). The summed E-state index contributed by atoms with van der Waals surface area (Å²) in [6.45, 7) is 13.0. The SMILES string of the molecule is CCN(CC)C(CNC(=O)CSC(C)(C)C)c1ccco1. The van der Waals surface area contributed by atoms with Gasteiger partial charge in [-0.3, -0.25) is 9.69 Å². The molecule has 0 spiro atoms. The highest BCUT2D eigenvalue weighted by Gasteiger charge is 2.21. The highest BCUT2D eigenvalue weighted by molar-refractivity contribution is 8.01. The van der Waals surface area contributed by atoms with Crippen LogP contribution in [0.25, 0.3) is 0 Å². The summed E-state index contributed by atoms with van der Waals surface area (Å²) in [5, 5.41) is 3.03. The van der Waals surface area contributed by atoms with Crippen molar-refractivity contribution in [2.75, 3.05) is 25.4 Å². The van der Waals surface area contributed by atoms with E-state index in [1.165, 1.54) is 0 Å². The van der Waals surface area contributed by atoms with Crippen LogP contribution in [0.3, 0.4) is 0 Å². The van der Waals surface area contributed by atoms with E-state index in [2.05, 4.69) is 44.8 Å².